The average molecular weight is 238 g/mol. The van der Waals surface area contributed by atoms with Gasteiger partial charge in [0.25, 0.3) is 0 Å². The van der Waals surface area contributed by atoms with Gasteiger partial charge in [0, 0.05) is 18.2 Å². The van der Waals surface area contributed by atoms with Crippen molar-refractivity contribution >= 4 is 0 Å². The van der Waals surface area contributed by atoms with E-state index in [1.54, 1.807) is 0 Å². The molecule has 4 heteroatoms. The van der Waals surface area contributed by atoms with Gasteiger partial charge in [-0.1, -0.05) is 6.07 Å². The summed E-state index contributed by atoms with van der Waals surface area (Å²) in [6.07, 6.45) is 0. The number of nitrogens with one attached hydrogen (secondary N) is 2. The lowest BCUT2D eigenvalue weighted by atomic mass is 10.2. The predicted octanol–water partition coefficient (Wildman–Crippen LogP) is 1.52. The van der Waals surface area contributed by atoms with Gasteiger partial charge in [-0.15, -0.1) is 0 Å². The molecule has 2 nitrogen and oxygen atoms in total. The van der Waals surface area contributed by atoms with E-state index in [0.29, 0.717) is 12.1 Å². The molecule has 1 aromatic rings. The summed E-state index contributed by atoms with van der Waals surface area (Å²) >= 11 is 0. The van der Waals surface area contributed by atoms with E-state index in [0.717, 1.165) is 43.5 Å². The van der Waals surface area contributed by atoms with Crippen LogP contribution in [-0.4, -0.2) is 19.6 Å². The Balaban J connectivity index is 1.48. The second-order valence-corrected chi connectivity index (χ2v) is 5.02. The molecule has 0 aromatic heterocycles. The smallest absolute Gasteiger partial charge is 0.130 e. The summed E-state index contributed by atoms with van der Waals surface area (Å²) in [6.45, 7) is 3.67. The quantitative estimate of drug-likeness (QED) is 0.831. The minimum Gasteiger partial charge on any atom is -0.316 e. The van der Waals surface area contributed by atoms with Gasteiger partial charge in [0.2, 0.25) is 0 Å². The standard InChI is InChI=1S/C13H16F2N2/c14-9-2-1-8(13(15)3-9)4-16-5-10-11-6-17-7-12(10)11/h1-3,10-12,16-17H,4-7H2. The zero-order chi connectivity index (χ0) is 11.8. The maximum Gasteiger partial charge on any atom is 0.130 e. The van der Waals surface area contributed by atoms with E-state index in [4.69, 9.17) is 0 Å². The largest absolute Gasteiger partial charge is 0.316 e. The summed E-state index contributed by atoms with van der Waals surface area (Å²) in [6, 6.07) is 3.75. The molecule has 0 amide bonds. The monoisotopic (exact) mass is 238 g/mol. The molecule has 1 heterocycles. The van der Waals surface area contributed by atoms with Gasteiger partial charge in [0.05, 0.1) is 0 Å². The third kappa shape index (κ3) is 2.19. The third-order valence-corrected chi connectivity index (χ3v) is 3.98. The highest BCUT2D eigenvalue weighted by molar-refractivity contribution is 5.18. The van der Waals surface area contributed by atoms with Crippen LogP contribution in [0.3, 0.4) is 0 Å². The second kappa shape index (κ2) is 4.35. The molecule has 2 N–H and O–H groups in total. The highest BCUT2D eigenvalue weighted by atomic mass is 19.1. The molecule has 1 saturated carbocycles. The fourth-order valence-electron chi connectivity index (χ4n) is 2.89. The molecule has 2 fully saturated rings. The molecule has 1 saturated heterocycles. The Labute approximate surface area is 99.4 Å². The normalized spacial score (nSPS) is 30.4. The summed E-state index contributed by atoms with van der Waals surface area (Å²) in [7, 11) is 0. The summed E-state index contributed by atoms with van der Waals surface area (Å²) in [5.41, 5.74) is 0.537. The average Bonchev–Trinajstić information content (AvgIpc) is 2.73. The van der Waals surface area contributed by atoms with Crippen LogP contribution in [0.15, 0.2) is 18.2 Å². The van der Waals surface area contributed by atoms with Crippen molar-refractivity contribution in [1.29, 1.82) is 0 Å². The Bertz CT molecular complexity index is 412. The van der Waals surface area contributed by atoms with Crippen LogP contribution >= 0.6 is 0 Å². The number of hydrogen-bond donors (Lipinski definition) is 2. The van der Waals surface area contributed by atoms with Gasteiger partial charge in [-0.3, -0.25) is 0 Å². The predicted molar refractivity (Wildman–Crippen MR) is 61.4 cm³/mol. The minimum absolute atomic E-state index is 0.463. The number of benzene rings is 1. The van der Waals surface area contributed by atoms with E-state index < -0.39 is 11.6 Å². The van der Waals surface area contributed by atoms with Gasteiger partial charge in [-0.25, -0.2) is 8.78 Å². The van der Waals surface area contributed by atoms with Crippen LogP contribution < -0.4 is 10.6 Å². The summed E-state index contributed by atoms with van der Waals surface area (Å²) in [5, 5.41) is 6.61. The number of piperidine rings is 1. The van der Waals surface area contributed by atoms with E-state index in [-0.39, 0.29) is 0 Å². The lowest BCUT2D eigenvalue weighted by Crippen LogP contribution is -2.23. The van der Waals surface area contributed by atoms with Crippen molar-refractivity contribution in [2.24, 2.45) is 17.8 Å². The van der Waals surface area contributed by atoms with Crippen LogP contribution in [0, 0.1) is 29.4 Å². The first-order valence-corrected chi connectivity index (χ1v) is 6.11. The van der Waals surface area contributed by atoms with Gasteiger partial charge < -0.3 is 10.6 Å². The molecule has 1 aromatic carbocycles. The van der Waals surface area contributed by atoms with Crippen molar-refractivity contribution in [2.75, 3.05) is 19.6 Å². The van der Waals surface area contributed by atoms with Crippen LogP contribution in [0.5, 0.6) is 0 Å². The molecule has 92 valence electrons. The van der Waals surface area contributed by atoms with Crippen molar-refractivity contribution < 1.29 is 8.78 Å². The lowest BCUT2D eigenvalue weighted by molar-refractivity contribution is 0.523. The second-order valence-electron chi connectivity index (χ2n) is 5.02. The molecule has 17 heavy (non-hydrogen) atoms. The fraction of sp³-hybridized carbons (Fsp3) is 0.538. The van der Waals surface area contributed by atoms with E-state index in [9.17, 15) is 8.78 Å². The highest BCUT2D eigenvalue weighted by Gasteiger charge is 2.51. The Morgan fingerprint density at radius 2 is 2.00 bits per heavy atom. The zero-order valence-electron chi connectivity index (χ0n) is 9.55. The van der Waals surface area contributed by atoms with Gasteiger partial charge in [0.1, 0.15) is 11.6 Å². The van der Waals surface area contributed by atoms with E-state index >= 15 is 0 Å². The maximum atomic E-state index is 13.3. The Hall–Kier alpha value is -1.00. The number of hydrogen-bond acceptors (Lipinski definition) is 2. The first-order chi connectivity index (χ1) is 8.25. The first-order valence-electron chi connectivity index (χ1n) is 6.11. The first kappa shape index (κ1) is 11.1. The maximum absolute atomic E-state index is 13.3. The van der Waals surface area contributed by atoms with E-state index in [2.05, 4.69) is 10.6 Å². The van der Waals surface area contributed by atoms with Crippen LogP contribution in [0.1, 0.15) is 5.56 Å². The molecule has 1 aliphatic carbocycles. The number of fused-ring (bicyclic) bond motifs is 1. The van der Waals surface area contributed by atoms with Crippen LogP contribution in [0.25, 0.3) is 0 Å². The number of rotatable bonds is 4. The molecule has 2 atom stereocenters. The molecular weight excluding hydrogens is 222 g/mol. The molecule has 3 rings (SSSR count). The molecule has 1 aliphatic heterocycles. The molecular formula is C13H16F2N2. The Morgan fingerprint density at radius 3 is 2.71 bits per heavy atom. The molecule has 0 radical (unpaired) electrons. The molecule has 0 bridgehead atoms. The van der Waals surface area contributed by atoms with Crippen molar-refractivity contribution in [3.63, 3.8) is 0 Å². The molecule has 2 unspecified atom stereocenters. The van der Waals surface area contributed by atoms with Crippen molar-refractivity contribution in [3.8, 4) is 0 Å². The summed E-state index contributed by atoms with van der Waals surface area (Å²) in [5.74, 6) is 1.41. The molecule has 0 spiro atoms. The number of halogens is 2. The molecule has 2 aliphatic rings. The van der Waals surface area contributed by atoms with Crippen molar-refractivity contribution in [1.82, 2.24) is 10.6 Å². The summed E-state index contributed by atoms with van der Waals surface area (Å²) in [4.78, 5) is 0. The fourth-order valence-corrected chi connectivity index (χ4v) is 2.89. The topological polar surface area (TPSA) is 24.1 Å². The van der Waals surface area contributed by atoms with Gasteiger partial charge >= 0.3 is 0 Å². The van der Waals surface area contributed by atoms with Crippen LogP contribution in [0.2, 0.25) is 0 Å². The van der Waals surface area contributed by atoms with Crippen LogP contribution in [0.4, 0.5) is 8.78 Å². The van der Waals surface area contributed by atoms with Gasteiger partial charge in [-0.05, 0) is 43.5 Å². The SMILES string of the molecule is Fc1ccc(CNCC2C3CNCC23)c(F)c1. The van der Waals surface area contributed by atoms with Gasteiger partial charge in [0.15, 0.2) is 0 Å². The minimum atomic E-state index is -0.519. The van der Waals surface area contributed by atoms with Crippen molar-refractivity contribution in [2.45, 2.75) is 6.54 Å². The lowest BCUT2D eigenvalue weighted by Gasteiger charge is -2.07. The van der Waals surface area contributed by atoms with Crippen molar-refractivity contribution in [3.05, 3.63) is 35.4 Å². The van der Waals surface area contributed by atoms with E-state index in [1.807, 2.05) is 0 Å². The Kier molecular flexibility index (Phi) is 2.84. The van der Waals surface area contributed by atoms with E-state index in [1.165, 1.54) is 12.1 Å². The van der Waals surface area contributed by atoms with Gasteiger partial charge in [-0.2, -0.15) is 0 Å². The Morgan fingerprint density at radius 1 is 1.24 bits per heavy atom. The third-order valence-electron chi connectivity index (χ3n) is 3.98. The summed E-state index contributed by atoms with van der Waals surface area (Å²) < 4.78 is 26.0. The highest BCUT2D eigenvalue weighted by Crippen LogP contribution is 2.47. The van der Waals surface area contributed by atoms with Crippen LogP contribution in [-0.2, 0) is 6.54 Å². The zero-order valence-corrected chi connectivity index (χ0v) is 9.55.